The Balaban J connectivity index is 1.79. The van der Waals surface area contributed by atoms with Gasteiger partial charge in [0.15, 0.2) is 5.76 Å². The number of hydrogen-bond acceptors (Lipinski definition) is 4. The summed E-state index contributed by atoms with van der Waals surface area (Å²) in [7, 11) is 1.49. The zero-order valence-corrected chi connectivity index (χ0v) is 10.9. The topological polar surface area (TPSA) is 71.8 Å². The largest absolute Gasteiger partial charge is 0.459 e. The summed E-state index contributed by atoms with van der Waals surface area (Å²) in [5.41, 5.74) is 0. The highest BCUT2D eigenvalue weighted by Crippen LogP contribution is 2.14. The minimum absolute atomic E-state index is 0.0749. The smallest absolute Gasteiger partial charge is 0.289 e. The van der Waals surface area contributed by atoms with Crippen LogP contribution in [0, 0.1) is 0 Å². The van der Waals surface area contributed by atoms with Gasteiger partial charge in [-0.05, 0) is 25.0 Å². The summed E-state index contributed by atoms with van der Waals surface area (Å²) in [6.07, 6.45) is 2.99. The third kappa shape index (κ3) is 3.57. The SMILES string of the molecule is COCC(=O)NC1CCN(C(=O)c2ccco2)CC1. The van der Waals surface area contributed by atoms with E-state index in [2.05, 4.69) is 5.32 Å². The fourth-order valence-electron chi connectivity index (χ4n) is 2.18. The molecule has 0 aromatic carbocycles. The maximum Gasteiger partial charge on any atom is 0.289 e. The van der Waals surface area contributed by atoms with Crippen molar-refractivity contribution in [3.63, 3.8) is 0 Å². The van der Waals surface area contributed by atoms with Gasteiger partial charge in [-0.3, -0.25) is 9.59 Å². The Kier molecular flexibility index (Phi) is 4.57. The molecule has 0 radical (unpaired) electrons. The van der Waals surface area contributed by atoms with Gasteiger partial charge < -0.3 is 19.4 Å². The van der Waals surface area contributed by atoms with Crippen LogP contribution in [0.15, 0.2) is 22.8 Å². The zero-order valence-electron chi connectivity index (χ0n) is 10.9. The lowest BCUT2D eigenvalue weighted by atomic mass is 10.0. The summed E-state index contributed by atoms with van der Waals surface area (Å²) >= 11 is 0. The lowest BCUT2D eigenvalue weighted by molar-refractivity contribution is -0.125. The summed E-state index contributed by atoms with van der Waals surface area (Å²) in [5.74, 6) is 0.159. The van der Waals surface area contributed by atoms with Crippen molar-refractivity contribution in [2.75, 3.05) is 26.8 Å². The molecule has 1 saturated heterocycles. The number of ether oxygens (including phenoxy) is 1. The highest BCUT2D eigenvalue weighted by Gasteiger charge is 2.25. The van der Waals surface area contributed by atoms with E-state index in [0.717, 1.165) is 12.8 Å². The fourth-order valence-corrected chi connectivity index (χ4v) is 2.18. The Hall–Kier alpha value is -1.82. The Morgan fingerprint density at radius 1 is 1.47 bits per heavy atom. The van der Waals surface area contributed by atoms with Gasteiger partial charge >= 0.3 is 0 Å². The van der Waals surface area contributed by atoms with Crippen molar-refractivity contribution >= 4 is 11.8 Å². The quantitative estimate of drug-likeness (QED) is 0.868. The second-order valence-electron chi connectivity index (χ2n) is 4.54. The number of nitrogens with zero attached hydrogens (tertiary/aromatic N) is 1. The lowest BCUT2D eigenvalue weighted by Gasteiger charge is -2.31. The van der Waals surface area contributed by atoms with Gasteiger partial charge in [0.25, 0.3) is 5.91 Å². The van der Waals surface area contributed by atoms with E-state index in [9.17, 15) is 9.59 Å². The molecule has 6 heteroatoms. The number of nitrogens with one attached hydrogen (secondary N) is 1. The van der Waals surface area contributed by atoms with E-state index in [1.54, 1.807) is 17.0 Å². The molecule has 0 bridgehead atoms. The number of rotatable bonds is 4. The van der Waals surface area contributed by atoms with E-state index in [0.29, 0.717) is 18.8 Å². The van der Waals surface area contributed by atoms with Crippen molar-refractivity contribution in [3.8, 4) is 0 Å². The summed E-state index contributed by atoms with van der Waals surface area (Å²) < 4.78 is 9.86. The highest BCUT2D eigenvalue weighted by molar-refractivity contribution is 5.91. The molecule has 6 nitrogen and oxygen atoms in total. The number of amides is 2. The standard InChI is InChI=1S/C13H18N2O4/c1-18-9-12(16)14-10-4-6-15(7-5-10)13(17)11-3-2-8-19-11/h2-3,8,10H,4-7,9H2,1H3,(H,14,16). The van der Waals surface area contributed by atoms with Gasteiger partial charge in [0.1, 0.15) is 6.61 Å². The Morgan fingerprint density at radius 3 is 2.79 bits per heavy atom. The number of carbonyl (C=O) groups is 2. The Bertz CT molecular complexity index is 422. The number of methoxy groups -OCH3 is 1. The van der Waals surface area contributed by atoms with Crippen molar-refractivity contribution in [2.24, 2.45) is 0 Å². The molecule has 104 valence electrons. The average molecular weight is 266 g/mol. The van der Waals surface area contributed by atoms with Crippen LogP contribution >= 0.6 is 0 Å². The third-order valence-corrected chi connectivity index (χ3v) is 3.15. The van der Waals surface area contributed by atoms with Gasteiger partial charge in [-0.25, -0.2) is 0 Å². The molecule has 0 unspecified atom stereocenters. The predicted molar refractivity (Wildman–Crippen MR) is 67.7 cm³/mol. The number of carbonyl (C=O) groups excluding carboxylic acids is 2. The van der Waals surface area contributed by atoms with Crippen molar-refractivity contribution in [1.82, 2.24) is 10.2 Å². The molecule has 2 amide bonds. The first-order valence-electron chi connectivity index (χ1n) is 6.32. The maximum absolute atomic E-state index is 12.0. The van der Waals surface area contributed by atoms with Crippen molar-refractivity contribution in [2.45, 2.75) is 18.9 Å². The molecule has 1 aromatic rings. The molecule has 1 N–H and O–H groups in total. The van der Waals surface area contributed by atoms with E-state index in [1.165, 1.54) is 13.4 Å². The first-order chi connectivity index (χ1) is 9.20. The summed E-state index contributed by atoms with van der Waals surface area (Å²) in [5, 5.41) is 2.89. The second-order valence-corrected chi connectivity index (χ2v) is 4.54. The molecule has 0 spiro atoms. The van der Waals surface area contributed by atoms with E-state index < -0.39 is 0 Å². The van der Waals surface area contributed by atoms with Crippen LogP contribution in [0.3, 0.4) is 0 Å². The van der Waals surface area contributed by atoms with Gasteiger partial charge in [-0.15, -0.1) is 0 Å². The van der Waals surface area contributed by atoms with E-state index in [-0.39, 0.29) is 24.5 Å². The zero-order chi connectivity index (χ0) is 13.7. The Morgan fingerprint density at radius 2 is 2.21 bits per heavy atom. The molecule has 1 aliphatic heterocycles. The van der Waals surface area contributed by atoms with Crippen LogP contribution < -0.4 is 5.32 Å². The normalized spacial score (nSPS) is 16.4. The van der Waals surface area contributed by atoms with E-state index in [1.807, 2.05) is 0 Å². The van der Waals surface area contributed by atoms with E-state index in [4.69, 9.17) is 9.15 Å². The second kappa shape index (κ2) is 6.38. The Labute approximate surface area is 111 Å². The molecule has 2 rings (SSSR count). The molecule has 0 saturated carbocycles. The third-order valence-electron chi connectivity index (χ3n) is 3.15. The van der Waals surface area contributed by atoms with Gasteiger partial charge in [0.05, 0.1) is 6.26 Å². The summed E-state index contributed by atoms with van der Waals surface area (Å²) in [4.78, 5) is 25.1. The van der Waals surface area contributed by atoms with E-state index >= 15 is 0 Å². The minimum Gasteiger partial charge on any atom is -0.459 e. The first kappa shape index (κ1) is 13.6. The molecule has 2 heterocycles. The molecule has 0 aliphatic carbocycles. The number of furan rings is 1. The van der Waals surface area contributed by atoms with Crippen LogP contribution in [-0.4, -0.2) is 49.6 Å². The maximum atomic E-state index is 12.0. The van der Waals surface area contributed by atoms with Gasteiger partial charge in [0, 0.05) is 26.2 Å². The minimum atomic E-state index is -0.113. The molecule has 1 aliphatic rings. The van der Waals surface area contributed by atoms with Gasteiger partial charge in [-0.2, -0.15) is 0 Å². The van der Waals surface area contributed by atoms with Crippen LogP contribution in [0.2, 0.25) is 0 Å². The van der Waals surface area contributed by atoms with Gasteiger partial charge in [-0.1, -0.05) is 0 Å². The fraction of sp³-hybridized carbons (Fsp3) is 0.538. The van der Waals surface area contributed by atoms with Crippen molar-refractivity contribution < 1.29 is 18.7 Å². The first-order valence-corrected chi connectivity index (χ1v) is 6.32. The molecule has 1 fully saturated rings. The van der Waals surface area contributed by atoms with Crippen LogP contribution in [0.4, 0.5) is 0 Å². The highest BCUT2D eigenvalue weighted by atomic mass is 16.5. The molecular weight excluding hydrogens is 248 g/mol. The van der Waals surface area contributed by atoms with Gasteiger partial charge in [0.2, 0.25) is 5.91 Å². The number of hydrogen-bond donors (Lipinski definition) is 1. The van der Waals surface area contributed by atoms with Crippen LogP contribution in [-0.2, 0) is 9.53 Å². The lowest BCUT2D eigenvalue weighted by Crippen LogP contribution is -2.47. The molecule has 0 atom stereocenters. The van der Waals surface area contributed by atoms with Crippen molar-refractivity contribution in [3.05, 3.63) is 24.2 Å². The average Bonchev–Trinajstić information content (AvgIpc) is 2.93. The monoisotopic (exact) mass is 266 g/mol. The molecule has 1 aromatic heterocycles. The van der Waals surface area contributed by atoms with Crippen LogP contribution in [0.5, 0.6) is 0 Å². The predicted octanol–water partition coefficient (Wildman–Crippen LogP) is 0.647. The summed E-state index contributed by atoms with van der Waals surface area (Å²) in [6, 6.07) is 3.48. The van der Waals surface area contributed by atoms with Crippen LogP contribution in [0.25, 0.3) is 0 Å². The van der Waals surface area contributed by atoms with Crippen LogP contribution in [0.1, 0.15) is 23.4 Å². The number of likely N-dealkylation sites (tertiary alicyclic amines) is 1. The number of piperidine rings is 1. The molecule has 19 heavy (non-hydrogen) atoms. The summed E-state index contributed by atoms with van der Waals surface area (Å²) in [6.45, 7) is 1.32. The molecular formula is C13H18N2O4. The van der Waals surface area contributed by atoms with Crippen molar-refractivity contribution in [1.29, 1.82) is 0 Å².